The number of benzene rings is 1. The Labute approximate surface area is 113 Å². The van der Waals surface area contributed by atoms with Gasteiger partial charge in [-0.1, -0.05) is 30.3 Å². The first-order valence-corrected chi connectivity index (χ1v) is 6.47. The molecule has 1 unspecified atom stereocenters. The minimum atomic E-state index is -0.767. The highest BCUT2D eigenvalue weighted by Gasteiger charge is 2.30. The van der Waals surface area contributed by atoms with E-state index in [9.17, 15) is 9.90 Å². The second kappa shape index (κ2) is 6.04. The number of amides is 2. The van der Waals surface area contributed by atoms with Gasteiger partial charge in [0.1, 0.15) is 0 Å². The Hall–Kier alpha value is -1.59. The third kappa shape index (κ3) is 3.24. The van der Waals surface area contributed by atoms with Crippen molar-refractivity contribution < 1.29 is 14.6 Å². The van der Waals surface area contributed by atoms with Crippen molar-refractivity contribution in [2.24, 2.45) is 0 Å². The quantitative estimate of drug-likeness (QED) is 0.854. The Morgan fingerprint density at radius 1 is 1.37 bits per heavy atom. The Morgan fingerprint density at radius 2 is 2.00 bits per heavy atom. The lowest BCUT2D eigenvalue weighted by Gasteiger charge is -2.34. The standard InChI is InChI=1S/C14H20N2O3/c1-14(11-17,12-5-3-2-4-6-12)15-13(18)16-7-9-19-10-8-16/h2-6,17H,7-11H2,1H3,(H,15,18). The minimum Gasteiger partial charge on any atom is -0.394 e. The van der Waals surface area contributed by atoms with E-state index >= 15 is 0 Å². The van der Waals surface area contributed by atoms with Crippen molar-refractivity contribution in [3.8, 4) is 0 Å². The highest BCUT2D eigenvalue weighted by Crippen LogP contribution is 2.20. The molecule has 0 bridgehead atoms. The maximum atomic E-state index is 12.2. The summed E-state index contributed by atoms with van der Waals surface area (Å²) in [5.74, 6) is 0. The highest BCUT2D eigenvalue weighted by molar-refractivity contribution is 5.75. The number of morpholine rings is 1. The van der Waals surface area contributed by atoms with E-state index < -0.39 is 5.54 Å². The van der Waals surface area contributed by atoms with E-state index in [-0.39, 0.29) is 12.6 Å². The number of rotatable bonds is 3. The molecule has 1 heterocycles. The average molecular weight is 264 g/mol. The van der Waals surface area contributed by atoms with Gasteiger partial charge in [-0.3, -0.25) is 0 Å². The predicted octanol–water partition coefficient (Wildman–Crippen LogP) is 0.936. The molecule has 1 fully saturated rings. The van der Waals surface area contributed by atoms with Crippen LogP contribution in [0.25, 0.3) is 0 Å². The van der Waals surface area contributed by atoms with E-state index in [4.69, 9.17) is 4.74 Å². The Bertz CT molecular complexity index is 418. The first-order valence-electron chi connectivity index (χ1n) is 6.47. The van der Waals surface area contributed by atoms with Crippen LogP contribution < -0.4 is 5.32 Å². The molecule has 0 aromatic heterocycles. The molecule has 19 heavy (non-hydrogen) atoms. The summed E-state index contributed by atoms with van der Waals surface area (Å²) in [6.45, 7) is 3.97. The molecular weight excluding hydrogens is 244 g/mol. The zero-order chi connectivity index (χ0) is 13.7. The van der Waals surface area contributed by atoms with Crippen molar-refractivity contribution in [2.75, 3.05) is 32.9 Å². The van der Waals surface area contributed by atoms with Crippen LogP contribution in [0.1, 0.15) is 12.5 Å². The fourth-order valence-corrected chi connectivity index (χ4v) is 2.09. The first-order chi connectivity index (χ1) is 9.15. The van der Waals surface area contributed by atoms with Gasteiger partial charge in [0.25, 0.3) is 0 Å². The number of aliphatic hydroxyl groups excluding tert-OH is 1. The minimum absolute atomic E-state index is 0.146. The van der Waals surface area contributed by atoms with Crippen LogP contribution in [-0.4, -0.2) is 48.9 Å². The maximum Gasteiger partial charge on any atom is 0.318 e. The number of aliphatic hydroxyl groups is 1. The van der Waals surface area contributed by atoms with Crippen molar-refractivity contribution in [1.29, 1.82) is 0 Å². The van der Waals surface area contributed by atoms with Gasteiger partial charge in [-0.25, -0.2) is 4.79 Å². The van der Waals surface area contributed by atoms with E-state index in [0.717, 1.165) is 5.56 Å². The van der Waals surface area contributed by atoms with E-state index in [2.05, 4.69) is 5.32 Å². The molecule has 5 nitrogen and oxygen atoms in total. The molecule has 5 heteroatoms. The summed E-state index contributed by atoms with van der Waals surface area (Å²) in [6.07, 6.45) is 0. The van der Waals surface area contributed by atoms with Gasteiger partial charge in [-0.05, 0) is 12.5 Å². The second-order valence-electron chi connectivity index (χ2n) is 4.89. The molecule has 2 amide bonds. The molecule has 1 aromatic rings. The monoisotopic (exact) mass is 264 g/mol. The molecular formula is C14H20N2O3. The van der Waals surface area contributed by atoms with E-state index in [1.165, 1.54) is 0 Å². The fraction of sp³-hybridized carbons (Fsp3) is 0.500. The number of nitrogens with zero attached hydrogens (tertiary/aromatic N) is 1. The summed E-state index contributed by atoms with van der Waals surface area (Å²) in [4.78, 5) is 13.9. The smallest absolute Gasteiger partial charge is 0.318 e. The van der Waals surface area contributed by atoms with Crippen LogP contribution in [0.3, 0.4) is 0 Å². The number of nitrogens with one attached hydrogen (secondary N) is 1. The van der Waals surface area contributed by atoms with E-state index in [1.54, 1.807) is 4.90 Å². The molecule has 1 aliphatic heterocycles. The van der Waals surface area contributed by atoms with Gasteiger partial charge in [0, 0.05) is 13.1 Å². The SMILES string of the molecule is CC(CO)(NC(=O)N1CCOCC1)c1ccccc1. The molecule has 2 N–H and O–H groups in total. The largest absolute Gasteiger partial charge is 0.394 e. The lowest BCUT2D eigenvalue weighted by atomic mass is 9.93. The average Bonchev–Trinajstić information content (AvgIpc) is 2.49. The number of hydrogen-bond acceptors (Lipinski definition) is 3. The van der Waals surface area contributed by atoms with Crippen molar-refractivity contribution in [2.45, 2.75) is 12.5 Å². The zero-order valence-electron chi connectivity index (χ0n) is 11.1. The van der Waals surface area contributed by atoms with Crippen molar-refractivity contribution in [3.63, 3.8) is 0 Å². The molecule has 104 valence electrons. The van der Waals surface area contributed by atoms with Crippen LogP contribution in [0.15, 0.2) is 30.3 Å². The summed E-state index contributed by atoms with van der Waals surface area (Å²) in [5, 5.41) is 12.5. The number of ether oxygens (including phenoxy) is 1. The van der Waals surface area contributed by atoms with Crippen LogP contribution in [0.4, 0.5) is 4.79 Å². The number of hydrogen-bond donors (Lipinski definition) is 2. The zero-order valence-corrected chi connectivity index (χ0v) is 11.1. The van der Waals surface area contributed by atoms with Gasteiger partial charge in [0.2, 0.25) is 0 Å². The molecule has 0 saturated carbocycles. The number of urea groups is 1. The normalized spacial score (nSPS) is 18.7. The predicted molar refractivity (Wildman–Crippen MR) is 71.8 cm³/mol. The van der Waals surface area contributed by atoms with Crippen molar-refractivity contribution in [1.82, 2.24) is 10.2 Å². The van der Waals surface area contributed by atoms with Crippen LogP contribution in [0.5, 0.6) is 0 Å². The topological polar surface area (TPSA) is 61.8 Å². The molecule has 1 aliphatic rings. The lowest BCUT2D eigenvalue weighted by molar-refractivity contribution is 0.0493. The highest BCUT2D eigenvalue weighted by atomic mass is 16.5. The fourth-order valence-electron chi connectivity index (χ4n) is 2.09. The third-order valence-electron chi connectivity index (χ3n) is 3.41. The summed E-state index contributed by atoms with van der Waals surface area (Å²) in [6, 6.07) is 9.33. The summed E-state index contributed by atoms with van der Waals surface area (Å²) in [5.41, 5.74) is 0.121. The second-order valence-corrected chi connectivity index (χ2v) is 4.89. The van der Waals surface area contributed by atoms with Gasteiger partial charge in [-0.15, -0.1) is 0 Å². The molecule has 2 rings (SSSR count). The van der Waals surface area contributed by atoms with Crippen LogP contribution in [0.2, 0.25) is 0 Å². The molecule has 0 aliphatic carbocycles. The first kappa shape index (κ1) is 13.8. The third-order valence-corrected chi connectivity index (χ3v) is 3.41. The number of carbonyl (C=O) groups is 1. The maximum absolute atomic E-state index is 12.2. The van der Waals surface area contributed by atoms with Crippen molar-refractivity contribution >= 4 is 6.03 Å². The van der Waals surface area contributed by atoms with Gasteiger partial charge >= 0.3 is 6.03 Å². The van der Waals surface area contributed by atoms with Crippen molar-refractivity contribution in [3.05, 3.63) is 35.9 Å². The van der Waals surface area contributed by atoms with Gasteiger partial charge < -0.3 is 20.1 Å². The summed E-state index contributed by atoms with van der Waals surface area (Å²) >= 11 is 0. The molecule has 1 aromatic carbocycles. The Morgan fingerprint density at radius 3 is 2.58 bits per heavy atom. The lowest BCUT2D eigenvalue weighted by Crippen LogP contribution is -2.54. The Balaban J connectivity index is 2.07. The van der Waals surface area contributed by atoms with Crippen LogP contribution >= 0.6 is 0 Å². The van der Waals surface area contributed by atoms with Crippen LogP contribution in [0, 0.1) is 0 Å². The van der Waals surface area contributed by atoms with Gasteiger partial charge in [0.05, 0.1) is 25.4 Å². The van der Waals surface area contributed by atoms with Crippen LogP contribution in [-0.2, 0) is 10.3 Å². The Kier molecular flexibility index (Phi) is 4.39. The van der Waals surface area contributed by atoms with Gasteiger partial charge in [-0.2, -0.15) is 0 Å². The number of carbonyl (C=O) groups excluding carboxylic acids is 1. The van der Waals surface area contributed by atoms with Gasteiger partial charge in [0.15, 0.2) is 0 Å². The molecule has 1 saturated heterocycles. The van der Waals surface area contributed by atoms with E-state index in [1.807, 2.05) is 37.3 Å². The summed E-state index contributed by atoms with van der Waals surface area (Å²) in [7, 11) is 0. The molecule has 0 radical (unpaired) electrons. The molecule has 0 spiro atoms. The van der Waals surface area contributed by atoms with E-state index in [0.29, 0.717) is 26.3 Å². The summed E-state index contributed by atoms with van der Waals surface area (Å²) < 4.78 is 5.22. The molecule has 1 atom stereocenters.